The van der Waals surface area contributed by atoms with Gasteiger partial charge in [-0.2, -0.15) is 5.10 Å². The van der Waals surface area contributed by atoms with Gasteiger partial charge in [-0.15, -0.1) is 0 Å². The van der Waals surface area contributed by atoms with Crippen LogP contribution in [0.5, 0.6) is 0 Å². The first-order chi connectivity index (χ1) is 16.5. The lowest BCUT2D eigenvalue weighted by atomic mass is 10.0. The van der Waals surface area contributed by atoms with Gasteiger partial charge in [0.05, 0.1) is 29.9 Å². The lowest BCUT2D eigenvalue weighted by molar-refractivity contribution is -0.129. The summed E-state index contributed by atoms with van der Waals surface area (Å²) >= 11 is 0. The fourth-order valence-corrected chi connectivity index (χ4v) is 5.59. The molecule has 2 unspecified atom stereocenters. The minimum absolute atomic E-state index is 0.00806. The van der Waals surface area contributed by atoms with Crippen LogP contribution >= 0.6 is 0 Å². The molecule has 0 bridgehead atoms. The molecule has 2 amide bonds. The average molecular weight is 459 g/mol. The van der Waals surface area contributed by atoms with Crippen molar-refractivity contribution >= 4 is 11.8 Å². The first-order valence-corrected chi connectivity index (χ1v) is 12.0. The van der Waals surface area contributed by atoms with Crippen molar-refractivity contribution in [2.24, 2.45) is 5.92 Å². The maximum atomic E-state index is 13.9. The second kappa shape index (κ2) is 8.08. The molecule has 0 N–H and O–H groups in total. The van der Waals surface area contributed by atoms with Crippen LogP contribution in [-0.4, -0.2) is 50.5 Å². The summed E-state index contributed by atoms with van der Waals surface area (Å²) in [5, 5.41) is 4.75. The molecule has 3 heterocycles. The summed E-state index contributed by atoms with van der Waals surface area (Å²) in [5.41, 5.74) is 4.34. The molecule has 1 aromatic heterocycles. The second-order valence-electron chi connectivity index (χ2n) is 9.68. The number of nitrogens with zero attached hydrogens (tertiary/aromatic N) is 4. The van der Waals surface area contributed by atoms with Gasteiger partial charge in [-0.3, -0.25) is 9.59 Å². The number of amides is 2. The lowest BCUT2D eigenvalue weighted by Crippen LogP contribution is -2.42. The molecular formula is C27H27FN4O2. The summed E-state index contributed by atoms with van der Waals surface area (Å²) in [4.78, 5) is 30.7. The van der Waals surface area contributed by atoms with Gasteiger partial charge in [0.15, 0.2) is 0 Å². The zero-order valence-electron chi connectivity index (χ0n) is 19.2. The SMILES string of the molecule is Cc1nn(-c2ccccc2)c2c1C(C1CC1)N(C1CCN(C(=O)Cc3ccc(F)cc3)C1)C2=O. The highest BCUT2D eigenvalue weighted by Gasteiger charge is 2.52. The predicted molar refractivity (Wildman–Crippen MR) is 125 cm³/mol. The van der Waals surface area contributed by atoms with Crippen molar-refractivity contribution in [3.05, 3.63) is 82.9 Å². The molecule has 34 heavy (non-hydrogen) atoms. The van der Waals surface area contributed by atoms with Crippen molar-refractivity contribution in [3.63, 3.8) is 0 Å². The quantitative estimate of drug-likeness (QED) is 0.579. The van der Waals surface area contributed by atoms with E-state index in [4.69, 9.17) is 5.10 Å². The zero-order valence-corrected chi connectivity index (χ0v) is 19.2. The summed E-state index contributed by atoms with van der Waals surface area (Å²) in [6, 6.07) is 15.9. The molecule has 2 fully saturated rings. The molecule has 1 saturated heterocycles. The number of aryl methyl sites for hydroxylation is 1. The van der Waals surface area contributed by atoms with E-state index in [0.717, 1.165) is 41.8 Å². The summed E-state index contributed by atoms with van der Waals surface area (Å²) < 4.78 is 15.0. The van der Waals surface area contributed by atoms with Crippen molar-refractivity contribution < 1.29 is 14.0 Å². The average Bonchev–Trinajstić information content (AvgIpc) is 3.34. The third kappa shape index (κ3) is 3.50. The van der Waals surface area contributed by atoms with E-state index in [1.54, 1.807) is 16.8 Å². The summed E-state index contributed by atoms with van der Waals surface area (Å²) in [7, 11) is 0. The Balaban J connectivity index is 1.26. The van der Waals surface area contributed by atoms with Gasteiger partial charge in [-0.25, -0.2) is 9.07 Å². The first kappa shape index (κ1) is 21.1. The number of fused-ring (bicyclic) bond motifs is 1. The van der Waals surface area contributed by atoms with E-state index < -0.39 is 0 Å². The normalized spacial score (nSPS) is 21.9. The molecule has 7 heteroatoms. The maximum absolute atomic E-state index is 13.9. The number of benzene rings is 2. The monoisotopic (exact) mass is 458 g/mol. The third-order valence-corrected chi connectivity index (χ3v) is 7.39. The van der Waals surface area contributed by atoms with E-state index in [2.05, 4.69) is 4.90 Å². The molecule has 2 aromatic carbocycles. The van der Waals surface area contributed by atoms with Crippen LogP contribution < -0.4 is 0 Å². The van der Waals surface area contributed by atoms with Gasteiger partial charge in [-0.05, 0) is 61.9 Å². The van der Waals surface area contributed by atoms with Gasteiger partial charge in [0.1, 0.15) is 11.5 Å². The Hall–Kier alpha value is -3.48. The minimum atomic E-state index is -0.306. The molecule has 1 aliphatic carbocycles. The van der Waals surface area contributed by atoms with Crippen LogP contribution in [0.4, 0.5) is 4.39 Å². The number of para-hydroxylation sites is 1. The molecule has 0 radical (unpaired) electrons. The van der Waals surface area contributed by atoms with E-state index in [0.29, 0.717) is 24.7 Å². The number of rotatable bonds is 5. The Morgan fingerprint density at radius 1 is 1.06 bits per heavy atom. The number of hydrogen-bond donors (Lipinski definition) is 0. The topological polar surface area (TPSA) is 58.4 Å². The molecule has 1 saturated carbocycles. The molecule has 2 atom stereocenters. The Labute approximate surface area is 198 Å². The molecule has 0 spiro atoms. The summed E-state index contributed by atoms with van der Waals surface area (Å²) in [6.07, 6.45) is 3.25. The molecule has 6 nitrogen and oxygen atoms in total. The largest absolute Gasteiger partial charge is 0.340 e. The molecule has 3 aliphatic rings. The van der Waals surface area contributed by atoms with Crippen molar-refractivity contribution in [1.29, 1.82) is 0 Å². The van der Waals surface area contributed by atoms with E-state index in [1.165, 1.54) is 12.1 Å². The highest BCUT2D eigenvalue weighted by Crippen LogP contribution is 2.52. The van der Waals surface area contributed by atoms with Crippen molar-refractivity contribution in [2.75, 3.05) is 13.1 Å². The third-order valence-electron chi connectivity index (χ3n) is 7.39. The van der Waals surface area contributed by atoms with Crippen LogP contribution in [0.2, 0.25) is 0 Å². The van der Waals surface area contributed by atoms with Crippen molar-refractivity contribution in [3.8, 4) is 5.69 Å². The van der Waals surface area contributed by atoms with Crippen LogP contribution in [0.1, 0.15) is 52.6 Å². The van der Waals surface area contributed by atoms with Crippen molar-refractivity contribution in [2.45, 2.75) is 44.7 Å². The van der Waals surface area contributed by atoms with Gasteiger partial charge in [-0.1, -0.05) is 30.3 Å². The van der Waals surface area contributed by atoms with Gasteiger partial charge < -0.3 is 9.80 Å². The highest BCUT2D eigenvalue weighted by atomic mass is 19.1. The molecule has 2 aliphatic heterocycles. The molecule has 6 rings (SSSR count). The first-order valence-electron chi connectivity index (χ1n) is 12.0. The van der Waals surface area contributed by atoms with Gasteiger partial charge in [0.25, 0.3) is 5.91 Å². The highest BCUT2D eigenvalue weighted by molar-refractivity contribution is 5.99. The van der Waals surface area contributed by atoms with Crippen molar-refractivity contribution in [1.82, 2.24) is 19.6 Å². The Bertz CT molecular complexity index is 1250. The van der Waals surface area contributed by atoms with E-state index in [-0.39, 0.29) is 36.1 Å². The standard InChI is InChI=1S/C27H27FN4O2/c1-17-24-25(19-9-10-19)31(27(34)26(24)32(29-17)21-5-3-2-4-6-21)22-13-14-30(16-22)23(33)15-18-7-11-20(28)12-8-18/h2-8,11-12,19,22,25H,9-10,13-16H2,1H3. The molecule has 3 aromatic rings. The Kier molecular flexibility index (Phi) is 5.01. The summed E-state index contributed by atoms with van der Waals surface area (Å²) in [5.74, 6) is 0.198. The maximum Gasteiger partial charge on any atom is 0.273 e. The number of hydrogen-bond acceptors (Lipinski definition) is 3. The summed E-state index contributed by atoms with van der Waals surface area (Å²) in [6.45, 7) is 3.17. The van der Waals surface area contributed by atoms with Gasteiger partial charge in [0, 0.05) is 18.7 Å². The number of halogens is 1. The van der Waals surface area contributed by atoms with Crippen LogP contribution in [0.3, 0.4) is 0 Å². The Morgan fingerprint density at radius 2 is 1.79 bits per heavy atom. The van der Waals surface area contributed by atoms with E-state index in [1.807, 2.05) is 42.2 Å². The number of carbonyl (C=O) groups is 2. The Morgan fingerprint density at radius 3 is 2.50 bits per heavy atom. The number of likely N-dealkylation sites (tertiary alicyclic amines) is 1. The molecule has 174 valence electrons. The lowest BCUT2D eigenvalue weighted by Gasteiger charge is -2.31. The number of carbonyl (C=O) groups excluding carboxylic acids is 2. The predicted octanol–water partition coefficient (Wildman–Crippen LogP) is 4.07. The van der Waals surface area contributed by atoms with Gasteiger partial charge in [0.2, 0.25) is 5.91 Å². The van der Waals surface area contributed by atoms with Crippen LogP contribution in [0, 0.1) is 18.7 Å². The van der Waals surface area contributed by atoms with Gasteiger partial charge >= 0.3 is 0 Å². The van der Waals surface area contributed by atoms with Crippen LogP contribution in [-0.2, 0) is 11.2 Å². The zero-order chi connectivity index (χ0) is 23.4. The fourth-order valence-electron chi connectivity index (χ4n) is 5.59. The minimum Gasteiger partial charge on any atom is -0.340 e. The molecular weight excluding hydrogens is 431 g/mol. The van der Waals surface area contributed by atoms with E-state index in [9.17, 15) is 14.0 Å². The second-order valence-corrected chi connectivity index (χ2v) is 9.68. The number of aromatic nitrogens is 2. The van der Waals surface area contributed by atoms with E-state index >= 15 is 0 Å². The smallest absolute Gasteiger partial charge is 0.273 e. The van der Waals surface area contributed by atoms with Crippen LogP contribution in [0.25, 0.3) is 5.69 Å². The fraction of sp³-hybridized carbons (Fsp3) is 0.370. The van der Waals surface area contributed by atoms with Crippen LogP contribution in [0.15, 0.2) is 54.6 Å².